The fourth-order valence-electron chi connectivity index (χ4n) is 3.98. The summed E-state index contributed by atoms with van der Waals surface area (Å²) in [6.45, 7) is 5.47. The maximum absolute atomic E-state index is 13.2. The van der Waals surface area contributed by atoms with Gasteiger partial charge < -0.3 is 19.1 Å². The van der Waals surface area contributed by atoms with E-state index in [4.69, 9.17) is 9.47 Å². The van der Waals surface area contributed by atoms with Crippen molar-refractivity contribution < 1.29 is 19.4 Å². The highest BCUT2D eigenvalue weighted by molar-refractivity contribution is 9.10. The van der Waals surface area contributed by atoms with E-state index in [0.29, 0.717) is 35.5 Å². The normalized spacial score (nSPS) is 14.7. The second kappa shape index (κ2) is 10.2. The van der Waals surface area contributed by atoms with Crippen LogP contribution >= 0.6 is 27.7 Å². The van der Waals surface area contributed by atoms with Gasteiger partial charge in [-0.25, -0.2) is 9.78 Å². The van der Waals surface area contributed by atoms with E-state index in [1.165, 1.54) is 0 Å². The average Bonchev–Trinajstić information content (AvgIpc) is 3.08. The van der Waals surface area contributed by atoms with Crippen molar-refractivity contribution in [3.8, 4) is 5.75 Å². The zero-order valence-corrected chi connectivity index (χ0v) is 20.5. The van der Waals surface area contributed by atoms with Gasteiger partial charge in [0.2, 0.25) is 0 Å². The van der Waals surface area contributed by atoms with Crippen LogP contribution in [0.2, 0.25) is 0 Å². The monoisotopic (exact) mass is 519 g/mol. The molecular weight excluding hydrogens is 494 g/mol. The van der Waals surface area contributed by atoms with Crippen molar-refractivity contribution in [3.63, 3.8) is 0 Å². The van der Waals surface area contributed by atoms with Crippen molar-refractivity contribution in [2.45, 2.75) is 24.2 Å². The Morgan fingerprint density at radius 3 is 2.81 bits per heavy atom. The number of aromatic hydroxyl groups is 1. The van der Waals surface area contributed by atoms with Gasteiger partial charge in [0.05, 0.1) is 40.4 Å². The Labute approximate surface area is 199 Å². The number of nitrogens with zero attached hydrogens (tertiary/aromatic N) is 3. The number of hydrogen-bond donors (Lipinski definition) is 1. The van der Waals surface area contributed by atoms with E-state index < -0.39 is 0 Å². The highest BCUT2D eigenvalue weighted by Crippen LogP contribution is 2.41. The second-order valence-electron chi connectivity index (χ2n) is 7.53. The van der Waals surface area contributed by atoms with E-state index in [1.54, 1.807) is 24.9 Å². The minimum Gasteiger partial charge on any atom is -0.506 e. The highest BCUT2D eigenvalue weighted by atomic mass is 79.9. The molecule has 1 N–H and O–H groups in total. The molecule has 0 atom stereocenters. The number of esters is 1. The Hall–Kier alpha value is -2.07. The number of hydrogen-bond acceptors (Lipinski definition) is 7. The third kappa shape index (κ3) is 4.66. The summed E-state index contributed by atoms with van der Waals surface area (Å²) in [5, 5.41) is 12.6. The summed E-state index contributed by atoms with van der Waals surface area (Å²) in [6.07, 6.45) is 1.76. The number of ether oxygens (including phenoxy) is 2. The first-order chi connectivity index (χ1) is 15.5. The summed E-state index contributed by atoms with van der Waals surface area (Å²) in [5.41, 5.74) is 2.95. The van der Waals surface area contributed by atoms with Crippen molar-refractivity contribution in [1.29, 1.82) is 0 Å². The quantitative estimate of drug-likeness (QED) is 0.367. The van der Waals surface area contributed by atoms with Gasteiger partial charge in [0.1, 0.15) is 5.75 Å². The Balaban J connectivity index is 1.85. The fourth-order valence-corrected chi connectivity index (χ4v) is 5.37. The Morgan fingerprint density at radius 1 is 1.34 bits per heavy atom. The third-order valence-corrected chi connectivity index (χ3v) is 7.16. The number of benzene rings is 1. The topological polar surface area (TPSA) is 76.8 Å². The predicted molar refractivity (Wildman–Crippen MR) is 128 cm³/mol. The first kappa shape index (κ1) is 23.1. The molecule has 1 aliphatic heterocycles. The zero-order valence-electron chi connectivity index (χ0n) is 18.1. The number of phenols is 1. The number of pyridine rings is 1. The highest BCUT2D eigenvalue weighted by Gasteiger charge is 2.28. The molecule has 0 bridgehead atoms. The minimum atomic E-state index is -0.375. The maximum Gasteiger partial charge on any atom is 0.340 e. The molecule has 170 valence electrons. The van der Waals surface area contributed by atoms with E-state index in [0.717, 1.165) is 40.3 Å². The van der Waals surface area contributed by atoms with Gasteiger partial charge in [0.15, 0.2) is 0 Å². The van der Waals surface area contributed by atoms with Crippen LogP contribution < -0.4 is 0 Å². The molecule has 1 aromatic carbocycles. The lowest BCUT2D eigenvalue weighted by Gasteiger charge is -2.27. The number of carbonyl (C=O) groups excluding carboxylic acids is 1. The van der Waals surface area contributed by atoms with Gasteiger partial charge in [0, 0.05) is 55.3 Å². The van der Waals surface area contributed by atoms with Gasteiger partial charge in [0.25, 0.3) is 0 Å². The van der Waals surface area contributed by atoms with E-state index in [-0.39, 0.29) is 18.3 Å². The van der Waals surface area contributed by atoms with E-state index in [2.05, 4.69) is 25.8 Å². The van der Waals surface area contributed by atoms with Crippen molar-refractivity contribution in [3.05, 3.63) is 51.8 Å². The lowest BCUT2D eigenvalue weighted by molar-refractivity contribution is 0.0340. The Kier molecular flexibility index (Phi) is 7.40. The molecule has 1 saturated heterocycles. The smallest absolute Gasteiger partial charge is 0.340 e. The molecular formula is C23H26BrN3O4S. The van der Waals surface area contributed by atoms with E-state index >= 15 is 0 Å². The molecule has 0 radical (unpaired) electrons. The van der Waals surface area contributed by atoms with Gasteiger partial charge in [-0.15, -0.1) is 11.8 Å². The molecule has 1 fully saturated rings. The number of carbonyl (C=O) groups is 1. The third-order valence-electron chi connectivity index (χ3n) is 5.60. The van der Waals surface area contributed by atoms with Crippen molar-refractivity contribution in [2.24, 2.45) is 7.05 Å². The fraction of sp³-hybridized carbons (Fsp3) is 0.391. The number of phenolic OH excluding ortho intramolecular Hbond substituents is 1. The summed E-state index contributed by atoms with van der Waals surface area (Å²) >= 11 is 5.07. The zero-order chi connectivity index (χ0) is 22.7. The van der Waals surface area contributed by atoms with Crippen molar-refractivity contribution >= 4 is 44.6 Å². The second-order valence-corrected chi connectivity index (χ2v) is 9.38. The molecule has 4 rings (SSSR count). The van der Waals surface area contributed by atoms with Crippen LogP contribution in [0.3, 0.4) is 0 Å². The summed E-state index contributed by atoms with van der Waals surface area (Å²) in [7, 11) is 1.95. The molecule has 9 heteroatoms. The summed E-state index contributed by atoms with van der Waals surface area (Å²) in [6, 6.07) is 7.64. The van der Waals surface area contributed by atoms with Gasteiger partial charge in [-0.1, -0.05) is 6.07 Å². The first-order valence-electron chi connectivity index (χ1n) is 10.5. The van der Waals surface area contributed by atoms with Crippen molar-refractivity contribution in [2.75, 3.05) is 32.9 Å². The van der Waals surface area contributed by atoms with Crippen molar-refractivity contribution in [1.82, 2.24) is 14.5 Å². The SMILES string of the molecule is CCOC(=O)c1c(CSc2ccccn2)n(C)c2cc(Br)c(O)c(CN3CCOCC3)c12. The maximum atomic E-state index is 13.2. The lowest BCUT2D eigenvalue weighted by atomic mass is 10.0. The number of morpholine rings is 1. The van der Waals surface area contributed by atoms with Crippen LogP contribution in [0, 0.1) is 0 Å². The van der Waals surface area contributed by atoms with Crippen LogP contribution in [0.1, 0.15) is 28.5 Å². The Morgan fingerprint density at radius 2 is 2.12 bits per heavy atom. The van der Waals surface area contributed by atoms with Gasteiger partial charge in [-0.3, -0.25) is 4.90 Å². The first-order valence-corrected chi connectivity index (χ1v) is 12.3. The van der Waals surface area contributed by atoms with Crippen LogP contribution in [-0.2, 0) is 28.8 Å². The summed E-state index contributed by atoms with van der Waals surface area (Å²) in [4.78, 5) is 19.8. The van der Waals surface area contributed by atoms with Crippen LogP contribution in [0.25, 0.3) is 10.9 Å². The molecule has 0 amide bonds. The van der Waals surface area contributed by atoms with E-state index in [1.807, 2.05) is 35.9 Å². The number of aromatic nitrogens is 2. The number of rotatable bonds is 7. The molecule has 1 aliphatic rings. The van der Waals surface area contributed by atoms with Crippen LogP contribution in [0.5, 0.6) is 5.75 Å². The van der Waals surface area contributed by atoms with Crippen LogP contribution in [0.15, 0.2) is 40.0 Å². The number of thioether (sulfide) groups is 1. The number of halogens is 1. The minimum absolute atomic E-state index is 0.157. The van der Waals surface area contributed by atoms with E-state index in [9.17, 15) is 9.90 Å². The summed E-state index contributed by atoms with van der Waals surface area (Å²) in [5.74, 6) is 0.329. The molecule has 3 heterocycles. The Bertz CT molecular complexity index is 1110. The van der Waals surface area contributed by atoms with Crippen LogP contribution in [0.4, 0.5) is 0 Å². The standard InChI is InChI=1S/C23H26BrN3O4S/c1-3-31-23(29)21-18(14-32-19-6-4-5-7-25-19)26(2)17-12-16(24)22(28)15(20(17)21)13-27-8-10-30-11-9-27/h4-7,12,28H,3,8-11,13-14H2,1-2H3. The molecule has 3 aromatic rings. The lowest BCUT2D eigenvalue weighted by Crippen LogP contribution is -2.35. The van der Waals surface area contributed by atoms with Gasteiger partial charge in [-0.05, 0) is 41.1 Å². The number of aryl methyl sites for hydroxylation is 1. The molecule has 0 spiro atoms. The molecule has 32 heavy (non-hydrogen) atoms. The molecule has 0 unspecified atom stereocenters. The van der Waals surface area contributed by atoms with Gasteiger partial charge in [-0.2, -0.15) is 0 Å². The average molecular weight is 520 g/mol. The number of fused-ring (bicyclic) bond motifs is 1. The largest absolute Gasteiger partial charge is 0.506 e. The molecule has 0 aliphatic carbocycles. The predicted octanol–water partition coefficient (Wildman–Crippen LogP) is 4.34. The van der Waals surface area contributed by atoms with Crippen LogP contribution in [-0.4, -0.2) is 58.4 Å². The summed E-state index contributed by atoms with van der Waals surface area (Å²) < 4.78 is 13.5. The molecule has 0 saturated carbocycles. The molecule has 7 nitrogen and oxygen atoms in total. The molecule has 2 aromatic heterocycles. The van der Waals surface area contributed by atoms with Gasteiger partial charge >= 0.3 is 5.97 Å².